The maximum absolute atomic E-state index is 11.7. The van der Waals surface area contributed by atoms with E-state index in [0.29, 0.717) is 21.3 Å². The van der Waals surface area contributed by atoms with Gasteiger partial charge in [-0.15, -0.1) is 0 Å². The third-order valence-electron chi connectivity index (χ3n) is 2.75. The Morgan fingerprint density at radius 2 is 1.74 bits per heavy atom. The Labute approximate surface area is 143 Å². The van der Waals surface area contributed by atoms with Crippen LogP contribution in [0.2, 0.25) is 10.0 Å². The first-order chi connectivity index (χ1) is 11.1. The first-order valence-corrected chi connectivity index (χ1v) is 7.42. The molecule has 0 aliphatic rings. The van der Waals surface area contributed by atoms with E-state index in [9.17, 15) is 9.59 Å². The zero-order chi connectivity index (χ0) is 16.7. The lowest BCUT2D eigenvalue weighted by atomic mass is 10.2. The molecule has 0 unspecified atom stereocenters. The van der Waals surface area contributed by atoms with Crippen molar-refractivity contribution in [3.05, 3.63) is 64.1 Å². The molecule has 0 spiro atoms. The Hall–Kier alpha value is -2.37. The number of rotatable bonds is 5. The lowest BCUT2D eigenvalue weighted by Gasteiger charge is -2.04. The largest absolute Gasteiger partial charge is 0.326 e. The van der Waals surface area contributed by atoms with Crippen LogP contribution in [-0.2, 0) is 9.59 Å². The summed E-state index contributed by atoms with van der Waals surface area (Å²) in [5.74, 6) is -0.961. The van der Waals surface area contributed by atoms with Crippen LogP contribution in [0.15, 0.2) is 53.6 Å². The summed E-state index contributed by atoms with van der Waals surface area (Å²) in [6, 6.07) is 13.9. The van der Waals surface area contributed by atoms with Crippen molar-refractivity contribution in [2.75, 3.05) is 5.32 Å². The Bertz CT molecular complexity index is 733. The number of anilines is 1. The van der Waals surface area contributed by atoms with Crippen LogP contribution in [-0.4, -0.2) is 18.0 Å². The van der Waals surface area contributed by atoms with E-state index >= 15 is 0 Å². The number of amides is 2. The molecule has 0 aromatic heterocycles. The fourth-order valence-corrected chi connectivity index (χ4v) is 2.06. The van der Waals surface area contributed by atoms with E-state index in [1.165, 1.54) is 6.21 Å². The third-order valence-corrected chi connectivity index (χ3v) is 3.59. The molecule has 2 aromatic rings. The number of nitrogens with one attached hydrogen (secondary N) is 2. The Morgan fingerprint density at radius 1 is 1.00 bits per heavy atom. The Kier molecular flexibility index (Phi) is 6.14. The molecule has 7 heteroatoms. The van der Waals surface area contributed by atoms with Gasteiger partial charge < -0.3 is 5.32 Å². The zero-order valence-corrected chi connectivity index (χ0v) is 13.4. The molecule has 0 aliphatic heterocycles. The number of halogens is 2. The molecule has 2 rings (SSSR count). The number of hydrogen-bond donors (Lipinski definition) is 2. The van der Waals surface area contributed by atoms with Gasteiger partial charge >= 0.3 is 0 Å². The van der Waals surface area contributed by atoms with Crippen LogP contribution in [0.5, 0.6) is 0 Å². The normalized spacial score (nSPS) is 10.5. The summed E-state index contributed by atoms with van der Waals surface area (Å²) in [4.78, 5) is 23.3. The Morgan fingerprint density at radius 3 is 2.48 bits per heavy atom. The summed E-state index contributed by atoms with van der Waals surface area (Å²) in [7, 11) is 0. The van der Waals surface area contributed by atoms with Gasteiger partial charge in [0.25, 0.3) is 0 Å². The molecule has 0 atom stereocenters. The average molecular weight is 350 g/mol. The fraction of sp³-hybridized carbons (Fsp3) is 0.0625. The van der Waals surface area contributed by atoms with Crippen molar-refractivity contribution < 1.29 is 9.59 Å². The van der Waals surface area contributed by atoms with Gasteiger partial charge in [-0.1, -0.05) is 53.5 Å². The van der Waals surface area contributed by atoms with E-state index in [1.807, 2.05) is 6.07 Å². The summed E-state index contributed by atoms with van der Waals surface area (Å²) >= 11 is 11.9. The lowest BCUT2D eigenvalue weighted by molar-refractivity contribution is -0.126. The van der Waals surface area contributed by atoms with Crippen LogP contribution in [0.25, 0.3) is 0 Å². The van der Waals surface area contributed by atoms with Gasteiger partial charge in [-0.25, -0.2) is 5.43 Å². The molecule has 2 amide bonds. The molecule has 0 bridgehead atoms. The van der Waals surface area contributed by atoms with Gasteiger partial charge in [-0.05, 0) is 18.2 Å². The van der Waals surface area contributed by atoms with Gasteiger partial charge in [0.15, 0.2) is 0 Å². The van der Waals surface area contributed by atoms with E-state index in [1.54, 1.807) is 42.5 Å². The number of benzene rings is 2. The van der Waals surface area contributed by atoms with E-state index in [2.05, 4.69) is 15.8 Å². The smallest absolute Gasteiger partial charge is 0.249 e. The summed E-state index contributed by atoms with van der Waals surface area (Å²) < 4.78 is 0. The van der Waals surface area contributed by atoms with Gasteiger partial charge in [-0.2, -0.15) is 5.10 Å². The molecule has 23 heavy (non-hydrogen) atoms. The zero-order valence-electron chi connectivity index (χ0n) is 11.9. The first-order valence-electron chi connectivity index (χ1n) is 6.67. The van der Waals surface area contributed by atoms with Crippen LogP contribution in [0.3, 0.4) is 0 Å². The minimum atomic E-state index is -0.534. The maximum Gasteiger partial charge on any atom is 0.249 e. The van der Waals surface area contributed by atoms with E-state index in [4.69, 9.17) is 23.2 Å². The third kappa shape index (κ3) is 5.39. The highest BCUT2D eigenvalue weighted by Gasteiger charge is 2.09. The average Bonchev–Trinajstić information content (AvgIpc) is 2.52. The van der Waals surface area contributed by atoms with Crippen molar-refractivity contribution in [3.63, 3.8) is 0 Å². The molecule has 0 saturated carbocycles. The minimum Gasteiger partial charge on any atom is -0.326 e. The monoisotopic (exact) mass is 349 g/mol. The maximum atomic E-state index is 11.7. The minimum absolute atomic E-state index is 0.338. The van der Waals surface area contributed by atoms with Crippen LogP contribution < -0.4 is 10.7 Å². The standard InChI is InChI=1S/C16H13Cl2N3O2/c17-13-8-4-5-11(16(13)18)10-19-21-15(23)9-14(22)20-12-6-2-1-3-7-12/h1-8,10H,9H2,(H,20,22)(H,21,23). The van der Waals surface area contributed by atoms with Gasteiger partial charge in [0.1, 0.15) is 6.42 Å². The van der Waals surface area contributed by atoms with Crippen LogP contribution >= 0.6 is 23.2 Å². The second kappa shape index (κ2) is 8.31. The molecule has 0 saturated heterocycles. The van der Waals surface area contributed by atoms with Crippen molar-refractivity contribution >= 4 is 46.9 Å². The molecular formula is C16H13Cl2N3O2. The number of para-hydroxylation sites is 1. The van der Waals surface area contributed by atoms with Gasteiger partial charge in [0.05, 0.1) is 16.3 Å². The number of carbonyl (C=O) groups excluding carboxylic acids is 2. The van der Waals surface area contributed by atoms with Gasteiger partial charge in [0.2, 0.25) is 11.8 Å². The second-order valence-electron chi connectivity index (χ2n) is 4.53. The Balaban J connectivity index is 1.84. The van der Waals surface area contributed by atoms with Gasteiger partial charge in [-0.3, -0.25) is 9.59 Å². The number of hydrazone groups is 1. The number of carbonyl (C=O) groups is 2. The highest BCUT2D eigenvalue weighted by Crippen LogP contribution is 2.24. The van der Waals surface area contributed by atoms with Gasteiger partial charge in [0, 0.05) is 11.3 Å². The molecule has 118 valence electrons. The summed E-state index contributed by atoms with van der Waals surface area (Å²) in [5.41, 5.74) is 3.45. The molecule has 2 aromatic carbocycles. The summed E-state index contributed by atoms with van der Waals surface area (Å²) in [6.45, 7) is 0. The van der Waals surface area contributed by atoms with E-state index in [-0.39, 0.29) is 6.42 Å². The second-order valence-corrected chi connectivity index (χ2v) is 5.31. The van der Waals surface area contributed by atoms with Crippen molar-refractivity contribution in [2.24, 2.45) is 5.10 Å². The highest BCUT2D eigenvalue weighted by atomic mass is 35.5. The fourth-order valence-electron chi connectivity index (χ4n) is 1.71. The number of hydrogen-bond acceptors (Lipinski definition) is 3. The van der Waals surface area contributed by atoms with E-state index in [0.717, 1.165) is 0 Å². The molecule has 0 heterocycles. The van der Waals surface area contributed by atoms with E-state index < -0.39 is 11.8 Å². The van der Waals surface area contributed by atoms with Crippen molar-refractivity contribution in [2.45, 2.75) is 6.42 Å². The molecule has 0 fully saturated rings. The topological polar surface area (TPSA) is 70.6 Å². The number of nitrogens with zero attached hydrogens (tertiary/aromatic N) is 1. The first kappa shape index (κ1) is 17.0. The summed E-state index contributed by atoms with van der Waals surface area (Å²) in [5, 5.41) is 7.10. The highest BCUT2D eigenvalue weighted by molar-refractivity contribution is 6.43. The van der Waals surface area contributed by atoms with Crippen LogP contribution in [0, 0.1) is 0 Å². The van der Waals surface area contributed by atoms with Crippen molar-refractivity contribution in [1.82, 2.24) is 5.43 Å². The summed E-state index contributed by atoms with van der Waals surface area (Å²) in [6.07, 6.45) is 1.02. The molecule has 2 N–H and O–H groups in total. The predicted molar refractivity (Wildman–Crippen MR) is 91.9 cm³/mol. The molecule has 5 nitrogen and oxygen atoms in total. The van der Waals surface area contributed by atoms with Crippen molar-refractivity contribution in [1.29, 1.82) is 0 Å². The van der Waals surface area contributed by atoms with Crippen molar-refractivity contribution in [3.8, 4) is 0 Å². The van der Waals surface area contributed by atoms with Crippen LogP contribution in [0.1, 0.15) is 12.0 Å². The molecular weight excluding hydrogens is 337 g/mol. The predicted octanol–water partition coefficient (Wildman–Crippen LogP) is 3.47. The molecule has 0 aliphatic carbocycles. The SMILES string of the molecule is O=C(CC(=O)Nc1ccccc1)NN=Cc1cccc(Cl)c1Cl. The lowest BCUT2D eigenvalue weighted by Crippen LogP contribution is -2.24. The van der Waals surface area contributed by atoms with Crippen LogP contribution in [0.4, 0.5) is 5.69 Å². The molecule has 0 radical (unpaired) electrons. The quantitative estimate of drug-likeness (QED) is 0.492.